The summed E-state index contributed by atoms with van der Waals surface area (Å²) in [4.78, 5) is 23.7. The second-order valence-corrected chi connectivity index (χ2v) is 10.6. The maximum atomic E-state index is 12.3. The van der Waals surface area contributed by atoms with Gasteiger partial charge in [0, 0.05) is 12.3 Å². The molecular formula is C23H36O4. The number of carbonyl (C=O) groups excluding carboxylic acids is 2. The number of aliphatic hydroxyl groups is 1. The number of hydrogen-bond acceptors (Lipinski definition) is 4. The first-order valence-electron chi connectivity index (χ1n) is 11.0. The van der Waals surface area contributed by atoms with E-state index in [9.17, 15) is 14.7 Å². The van der Waals surface area contributed by atoms with Crippen molar-refractivity contribution < 1.29 is 19.4 Å². The van der Waals surface area contributed by atoms with Crippen LogP contribution in [0.2, 0.25) is 0 Å². The number of carbonyl (C=O) groups is 2. The number of hydrogen-bond donors (Lipinski definition) is 1. The summed E-state index contributed by atoms with van der Waals surface area (Å²) in [6.45, 7) is 7.76. The molecule has 0 heterocycles. The van der Waals surface area contributed by atoms with Crippen LogP contribution < -0.4 is 0 Å². The Morgan fingerprint density at radius 1 is 0.926 bits per heavy atom. The van der Waals surface area contributed by atoms with Crippen LogP contribution in [0.15, 0.2) is 0 Å². The summed E-state index contributed by atoms with van der Waals surface area (Å²) >= 11 is 0. The minimum atomic E-state index is -1.12. The van der Waals surface area contributed by atoms with Gasteiger partial charge in [-0.3, -0.25) is 9.59 Å². The van der Waals surface area contributed by atoms with Crippen molar-refractivity contribution in [1.82, 2.24) is 0 Å². The molecule has 6 unspecified atom stereocenters. The van der Waals surface area contributed by atoms with E-state index in [0.29, 0.717) is 35.5 Å². The lowest BCUT2D eigenvalue weighted by atomic mass is 9.44. The maximum absolute atomic E-state index is 12.3. The molecule has 152 valence electrons. The van der Waals surface area contributed by atoms with Gasteiger partial charge in [0.1, 0.15) is 11.7 Å². The largest absolute Gasteiger partial charge is 0.463 e. The van der Waals surface area contributed by atoms with Crippen molar-refractivity contribution in [1.29, 1.82) is 0 Å². The zero-order valence-electron chi connectivity index (χ0n) is 17.4. The van der Waals surface area contributed by atoms with Gasteiger partial charge in [-0.25, -0.2) is 0 Å². The first-order chi connectivity index (χ1) is 12.6. The van der Waals surface area contributed by atoms with E-state index in [0.717, 1.165) is 38.5 Å². The van der Waals surface area contributed by atoms with Crippen molar-refractivity contribution >= 4 is 11.8 Å². The highest BCUT2D eigenvalue weighted by molar-refractivity contribution is 5.86. The third-order valence-electron chi connectivity index (χ3n) is 9.68. The molecule has 0 aromatic rings. The second kappa shape index (κ2) is 6.30. The molecule has 4 fully saturated rings. The highest BCUT2D eigenvalue weighted by Crippen LogP contribution is 2.68. The Morgan fingerprint density at radius 3 is 2.30 bits per heavy atom. The lowest BCUT2D eigenvalue weighted by Crippen LogP contribution is -2.58. The molecule has 0 spiro atoms. The van der Waals surface area contributed by atoms with Gasteiger partial charge in [0.05, 0.1) is 0 Å². The average Bonchev–Trinajstić information content (AvgIpc) is 2.87. The predicted octanol–water partition coefficient (Wildman–Crippen LogP) is 4.28. The van der Waals surface area contributed by atoms with Gasteiger partial charge >= 0.3 is 5.97 Å². The van der Waals surface area contributed by atoms with Crippen molar-refractivity contribution in [3.8, 4) is 0 Å². The number of rotatable bonds is 2. The summed E-state index contributed by atoms with van der Waals surface area (Å²) < 4.78 is 5.55. The van der Waals surface area contributed by atoms with E-state index in [1.807, 2.05) is 0 Å². The molecule has 4 nitrogen and oxygen atoms in total. The minimum absolute atomic E-state index is 0.0345. The molecule has 4 aliphatic rings. The van der Waals surface area contributed by atoms with Gasteiger partial charge < -0.3 is 9.84 Å². The molecule has 0 bridgehead atoms. The van der Waals surface area contributed by atoms with Crippen LogP contribution in [-0.2, 0) is 14.3 Å². The van der Waals surface area contributed by atoms with Crippen LogP contribution in [0.5, 0.6) is 0 Å². The molecular weight excluding hydrogens is 340 g/mol. The zero-order chi connectivity index (χ0) is 19.6. The Morgan fingerprint density at radius 2 is 1.63 bits per heavy atom. The Bertz CT molecular complexity index is 644. The molecule has 4 aliphatic carbocycles. The lowest BCUT2D eigenvalue weighted by Gasteiger charge is -2.61. The first kappa shape index (κ1) is 19.4. The molecule has 0 aliphatic heterocycles. The number of esters is 1. The third-order valence-corrected chi connectivity index (χ3v) is 9.68. The van der Waals surface area contributed by atoms with E-state index in [4.69, 9.17) is 4.74 Å². The van der Waals surface area contributed by atoms with Crippen LogP contribution >= 0.6 is 0 Å². The first-order valence-corrected chi connectivity index (χ1v) is 11.0. The van der Waals surface area contributed by atoms with E-state index in [1.165, 1.54) is 19.8 Å². The van der Waals surface area contributed by atoms with Gasteiger partial charge in [-0.15, -0.1) is 0 Å². The molecule has 27 heavy (non-hydrogen) atoms. The molecule has 1 N–H and O–H groups in total. The smallest absolute Gasteiger partial charge is 0.302 e. The summed E-state index contributed by atoms with van der Waals surface area (Å²) in [5.74, 6) is 2.22. The van der Waals surface area contributed by atoms with Crippen molar-refractivity contribution in [3.63, 3.8) is 0 Å². The number of ketones is 1. The molecule has 4 rings (SSSR count). The number of fused-ring (bicyclic) bond motifs is 5. The van der Waals surface area contributed by atoms with Crippen LogP contribution in [0.3, 0.4) is 0 Å². The topological polar surface area (TPSA) is 63.6 Å². The second-order valence-electron chi connectivity index (χ2n) is 10.6. The molecule has 4 saturated carbocycles. The van der Waals surface area contributed by atoms with Crippen molar-refractivity contribution in [2.24, 2.45) is 34.5 Å². The number of ether oxygens (including phenoxy) is 1. The van der Waals surface area contributed by atoms with E-state index in [-0.39, 0.29) is 23.3 Å². The van der Waals surface area contributed by atoms with E-state index in [1.54, 1.807) is 6.92 Å². The van der Waals surface area contributed by atoms with Crippen LogP contribution in [0.25, 0.3) is 0 Å². The Balaban J connectivity index is 1.56. The monoisotopic (exact) mass is 376 g/mol. The molecule has 0 saturated heterocycles. The normalized spacial score (nSPS) is 51.7. The standard InChI is InChI=1S/C23H36O4/c1-14(24)23(26)12-9-20-18-6-5-16-13-17(27-15(2)25)7-10-21(16,3)19(18)8-11-22(20,23)4/h16-20,26H,5-13H2,1-4H3/t16?,17-,18?,19?,20?,21?,22?,23+/m1/s1. The Labute approximate surface area is 163 Å². The highest BCUT2D eigenvalue weighted by Gasteiger charge is 2.66. The van der Waals surface area contributed by atoms with Crippen molar-refractivity contribution in [2.75, 3.05) is 0 Å². The average molecular weight is 377 g/mol. The fourth-order valence-corrected chi connectivity index (χ4v) is 8.15. The summed E-state index contributed by atoms with van der Waals surface area (Å²) in [5, 5.41) is 11.2. The predicted molar refractivity (Wildman–Crippen MR) is 103 cm³/mol. The zero-order valence-corrected chi connectivity index (χ0v) is 17.4. The summed E-state index contributed by atoms with van der Waals surface area (Å²) in [7, 11) is 0. The van der Waals surface area contributed by atoms with Gasteiger partial charge in [0.15, 0.2) is 5.78 Å². The van der Waals surface area contributed by atoms with Crippen LogP contribution in [-0.4, -0.2) is 28.6 Å². The molecule has 0 aromatic heterocycles. The SMILES string of the molecule is CC(=O)O[C@@H]1CCC2(C)C(CCC3C2CCC2(C)C3CC[C@]2(O)C(C)=O)C1. The molecule has 4 heteroatoms. The summed E-state index contributed by atoms with van der Waals surface area (Å²) in [6.07, 6.45) is 9.34. The highest BCUT2D eigenvalue weighted by atomic mass is 16.5. The van der Waals surface area contributed by atoms with Crippen LogP contribution in [0, 0.1) is 34.5 Å². The van der Waals surface area contributed by atoms with Crippen LogP contribution in [0.4, 0.5) is 0 Å². The fourth-order valence-electron chi connectivity index (χ4n) is 8.15. The van der Waals surface area contributed by atoms with Crippen molar-refractivity contribution in [3.05, 3.63) is 0 Å². The molecule has 8 atom stereocenters. The third kappa shape index (κ3) is 2.65. The number of Topliss-reactive ketones (excluding diaryl/α,β-unsaturated/α-hetero) is 1. The Kier molecular flexibility index (Phi) is 4.53. The van der Waals surface area contributed by atoms with Gasteiger partial charge in [-0.05, 0) is 93.8 Å². The van der Waals surface area contributed by atoms with Crippen molar-refractivity contribution in [2.45, 2.75) is 97.2 Å². The molecule has 0 aromatic carbocycles. The van der Waals surface area contributed by atoms with Crippen LogP contribution in [0.1, 0.15) is 85.5 Å². The summed E-state index contributed by atoms with van der Waals surface area (Å²) in [5.41, 5.74) is -1.05. The fraction of sp³-hybridized carbons (Fsp3) is 0.913. The van der Waals surface area contributed by atoms with E-state index < -0.39 is 5.60 Å². The lowest BCUT2D eigenvalue weighted by molar-refractivity contribution is -0.175. The maximum Gasteiger partial charge on any atom is 0.302 e. The van der Waals surface area contributed by atoms with E-state index in [2.05, 4.69) is 13.8 Å². The molecule has 0 amide bonds. The summed E-state index contributed by atoms with van der Waals surface area (Å²) in [6, 6.07) is 0. The van der Waals surface area contributed by atoms with Gasteiger partial charge in [0.25, 0.3) is 0 Å². The minimum Gasteiger partial charge on any atom is -0.463 e. The quantitative estimate of drug-likeness (QED) is 0.731. The van der Waals surface area contributed by atoms with Gasteiger partial charge in [0.2, 0.25) is 0 Å². The Hall–Kier alpha value is -0.900. The van der Waals surface area contributed by atoms with E-state index >= 15 is 0 Å². The van der Waals surface area contributed by atoms with Gasteiger partial charge in [-0.1, -0.05) is 13.8 Å². The molecule has 0 radical (unpaired) electrons. The van der Waals surface area contributed by atoms with Gasteiger partial charge in [-0.2, -0.15) is 0 Å².